The molecule has 7 aliphatic heterocycles. The summed E-state index contributed by atoms with van der Waals surface area (Å²) >= 11 is 0. The summed E-state index contributed by atoms with van der Waals surface area (Å²) < 4.78 is 12.3. The van der Waals surface area contributed by atoms with Gasteiger partial charge < -0.3 is 20.1 Å². The highest BCUT2D eigenvalue weighted by molar-refractivity contribution is 6.00. The van der Waals surface area contributed by atoms with E-state index in [0.29, 0.717) is 37.2 Å². The average molecular weight is 571 g/mol. The quantitative estimate of drug-likeness (QED) is 0.367. The second-order valence-corrected chi connectivity index (χ2v) is 12.8. The molecule has 42 heavy (non-hydrogen) atoms. The smallest absolute Gasteiger partial charge is 0.251 e. The third kappa shape index (κ3) is 5.51. The van der Waals surface area contributed by atoms with Gasteiger partial charge in [0.15, 0.2) is 5.96 Å². The van der Waals surface area contributed by atoms with Crippen molar-refractivity contribution in [1.29, 1.82) is 5.41 Å². The van der Waals surface area contributed by atoms with Gasteiger partial charge in [-0.25, -0.2) is 0 Å². The molecule has 1 saturated heterocycles. The Balaban J connectivity index is 1.37. The molecule has 0 radical (unpaired) electrons. The van der Waals surface area contributed by atoms with E-state index in [-0.39, 0.29) is 29.9 Å². The highest BCUT2D eigenvalue weighted by atomic mass is 16.5. The van der Waals surface area contributed by atoms with E-state index in [1.165, 1.54) is 0 Å². The van der Waals surface area contributed by atoms with E-state index < -0.39 is 11.1 Å². The minimum absolute atomic E-state index is 0.0432. The van der Waals surface area contributed by atoms with Crippen molar-refractivity contribution < 1.29 is 19.1 Å². The normalized spacial score (nSPS) is 28.0. The second kappa shape index (κ2) is 11.1. The van der Waals surface area contributed by atoms with Crippen LogP contribution in [0.4, 0.5) is 0 Å². The number of nitrogens with zero attached hydrogens (tertiary/aromatic N) is 1. The zero-order valence-electron chi connectivity index (χ0n) is 24.9. The van der Waals surface area contributed by atoms with Crippen LogP contribution < -0.4 is 20.1 Å². The number of rotatable bonds is 1. The fourth-order valence-electron chi connectivity index (χ4n) is 6.98. The number of nitrogens with one attached hydrogen (secondary N) is 3. The lowest BCUT2D eigenvalue weighted by molar-refractivity contribution is -0.133. The molecule has 0 aromatic heterocycles. The number of hydrogen-bond acceptors (Lipinski definition) is 5. The predicted molar refractivity (Wildman–Crippen MR) is 163 cm³/mol. The summed E-state index contributed by atoms with van der Waals surface area (Å²) in [5.41, 5.74) is 2.48. The number of amides is 2. The molecule has 1 fully saturated rings. The molecule has 9 rings (SSSR count). The number of allylic oxidation sites excluding steroid dienone is 1. The molecule has 0 aliphatic carbocycles. The van der Waals surface area contributed by atoms with E-state index in [0.717, 1.165) is 61.0 Å². The summed E-state index contributed by atoms with van der Waals surface area (Å²) in [5, 5.41) is 15.6. The lowest BCUT2D eigenvalue weighted by atomic mass is 9.83. The SMILES string of the molecule is CCC12CCCCC/C=C\c3ccc4c(c3)OC(C)(C)C[C@@H]4NC(=O)c3ccc4c(c3)[C@@H](CCO4)N(C(=N)N1)C(=O)C2. The lowest BCUT2D eigenvalue weighted by Crippen LogP contribution is -2.63. The number of guanidine groups is 1. The summed E-state index contributed by atoms with van der Waals surface area (Å²) in [6.07, 6.45) is 11.6. The van der Waals surface area contributed by atoms with Gasteiger partial charge >= 0.3 is 0 Å². The maximum Gasteiger partial charge on any atom is 0.251 e. The van der Waals surface area contributed by atoms with Gasteiger partial charge in [-0.2, -0.15) is 0 Å². The van der Waals surface area contributed by atoms with Crippen molar-refractivity contribution in [3.63, 3.8) is 0 Å². The Kier molecular flexibility index (Phi) is 7.50. The topological polar surface area (TPSA) is 104 Å². The summed E-state index contributed by atoms with van der Waals surface area (Å²) in [6.45, 7) is 6.64. The molecule has 3 atom stereocenters. The van der Waals surface area contributed by atoms with Crippen molar-refractivity contribution in [1.82, 2.24) is 15.5 Å². The van der Waals surface area contributed by atoms with Crippen LogP contribution in [0.1, 0.15) is 118 Å². The van der Waals surface area contributed by atoms with Crippen molar-refractivity contribution in [2.24, 2.45) is 0 Å². The highest BCUT2D eigenvalue weighted by Crippen LogP contribution is 2.42. The van der Waals surface area contributed by atoms with Gasteiger partial charge in [-0.05, 0) is 69.4 Å². The Morgan fingerprint density at radius 3 is 2.71 bits per heavy atom. The van der Waals surface area contributed by atoms with Gasteiger partial charge in [-0.1, -0.05) is 44.1 Å². The fraction of sp³-hybridized carbons (Fsp3) is 0.500. The molecule has 8 heteroatoms. The maximum atomic E-state index is 13.7. The molecule has 1 unspecified atom stereocenters. The van der Waals surface area contributed by atoms with E-state index in [1.807, 2.05) is 26.0 Å². The first-order chi connectivity index (χ1) is 20.2. The van der Waals surface area contributed by atoms with Crippen molar-refractivity contribution in [2.45, 2.75) is 102 Å². The Morgan fingerprint density at radius 1 is 1.05 bits per heavy atom. The predicted octanol–water partition coefficient (Wildman–Crippen LogP) is 6.43. The van der Waals surface area contributed by atoms with Crippen LogP contribution in [0.5, 0.6) is 11.5 Å². The molecule has 0 spiro atoms. The lowest BCUT2D eigenvalue weighted by Gasteiger charge is -2.46. The number of hydrogen-bond donors (Lipinski definition) is 3. The molecule has 8 bridgehead atoms. The van der Waals surface area contributed by atoms with E-state index in [9.17, 15) is 9.59 Å². The molecule has 7 heterocycles. The molecule has 2 aromatic rings. The van der Waals surface area contributed by atoms with E-state index >= 15 is 0 Å². The number of carbonyl (C=O) groups excluding carboxylic acids is 2. The molecule has 7 aliphatic rings. The fourth-order valence-corrected chi connectivity index (χ4v) is 6.98. The van der Waals surface area contributed by atoms with E-state index in [2.05, 4.69) is 47.9 Å². The van der Waals surface area contributed by atoms with Crippen molar-refractivity contribution in [3.05, 3.63) is 64.7 Å². The van der Waals surface area contributed by atoms with Crippen LogP contribution in [0.15, 0.2) is 42.5 Å². The monoisotopic (exact) mass is 570 g/mol. The molecule has 3 N–H and O–H groups in total. The summed E-state index contributed by atoms with van der Waals surface area (Å²) in [6, 6.07) is 11.1. The van der Waals surface area contributed by atoms with Gasteiger partial charge in [0, 0.05) is 35.1 Å². The van der Waals surface area contributed by atoms with Crippen LogP contribution in [-0.4, -0.2) is 40.4 Å². The van der Waals surface area contributed by atoms with Crippen LogP contribution in [0.3, 0.4) is 0 Å². The van der Waals surface area contributed by atoms with Crippen LogP contribution in [0.2, 0.25) is 0 Å². The number of benzene rings is 2. The van der Waals surface area contributed by atoms with Gasteiger partial charge in [0.1, 0.15) is 17.1 Å². The first-order valence-corrected chi connectivity index (χ1v) is 15.4. The van der Waals surface area contributed by atoms with Crippen LogP contribution in [0, 0.1) is 5.41 Å². The zero-order valence-corrected chi connectivity index (χ0v) is 24.9. The summed E-state index contributed by atoms with van der Waals surface area (Å²) in [4.78, 5) is 29.0. The Hall–Kier alpha value is -3.81. The number of ether oxygens (including phenoxy) is 2. The van der Waals surface area contributed by atoms with Gasteiger partial charge in [-0.3, -0.25) is 19.9 Å². The minimum atomic E-state index is -0.439. The zero-order chi connectivity index (χ0) is 29.5. The first kappa shape index (κ1) is 28.3. The standard InChI is InChI=1S/C34H42N4O4/c1-4-34-16-9-7-5-6-8-10-22-11-13-24-26(20-33(2,3)42-29(24)18-22)36-31(40)23-12-14-28-25(19-23)27(15-17-41-28)38(30(39)21-34)32(35)37-34/h8,10-14,18-19,26-27H,4-7,9,15-17,20-21H2,1-3H3,(H2,35,37)(H,36,40)/b10-8-/t26-,27+,34?/m0/s1. The molecule has 222 valence electrons. The molecular weight excluding hydrogens is 528 g/mol. The van der Waals surface area contributed by atoms with Crippen molar-refractivity contribution >= 4 is 23.8 Å². The summed E-state index contributed by atoms with van der Waals surface area (Å²) in [5.74, 6) is 1.37. The van der Waals surface area contributed by atoms with Crippen LogP contribution >= 0.6 is 0 Å². The largest absolute Gasteiger partial charge is 0.493 e. The third-order valence-corrected chi connectivity index (χ3v) is 9.29. The van der Waals surface area contributed by atoms with Gasteiger partial charge in [0.2, 0.25) is 5.91 Å². The minimum Gasteiger partial charge on any atom is -0.493 e. The number of carbonyl (C=O) groups is 2. The molecule has 2 amide bonds. The summed E-state index contributed by atoms with van der Waals surface area (Å²) in [7, 11) is 0. The van der Waals surface area contributed by atoms with E-state index in [1.54, 1.807) is 11.0 Å². The molecule has 0 saturated carbocycles. The van der Waals surface area contributed by atoms with Gasteiger partial charge in [0.25, 0.3) is 5.91 Å². The second-order valence-electron chi connectivity index (χ2n) is 12.8. The Morgan fingerprint density at radius 2 is 1.90 bits per heavy atom. The van der Waals surface area contributed by atoms with Gasteiger partial charge in [0.05, 0.1) is 25.1 Å². The van der Waals surface area contributed by atoms with Crippen molar-refractivity contribution in [2.75, 3.05) is 6.61 Å². The Bertz CT molecular complexity index is 1410. The first-order valence-electron chi connectivity index (χ1n) is 15.4. The van der Waals surface area contributed by atoms with Crippen LogP contribution in [0.25, 0.3) is 6.08 Å². The molecule has 8 nitrogen and oxygen atoms in total. The van der Waals surface area contributed by atoms with E-state index in [4.69, 9.17) is 14.9 Å². The Labute approximate surface area is 248 Å². The van der Waals surface area contributed by atoms with Gasteiger partial charge in [-0.15, -0.1) is 0 Å². The van der Waals surface area contributed by atoms with Crippen molar-refractivity contribution in [3.8, 4) is 11.5 Å². The van der Waals surface area contributed by atoms with Crippen LogP contribution in [-0.2, 0) is 4.79 Å². The average Bonchev–Trinajstić information content (AvgIpc) is 2.95. The molecule has 2 aromatic carbocycles. The molecular formula is C34H42N4O4. The third-order valence-electron chi connectivity index (χ3n) is 9.29. The highest BCUT2D eigenvalue weighted by Gasteiger charge is 2.44. The maximum absolute atomic E-state index is 13.7.